The lowest BCUT2D eigenvalue weighted by atomic mass is 9.98. The van der Waals surface area contributed by atoms with Gasteiger partial charge in [0.25, 0.3) is 0 Å². The number of halogens is 2. The van der Waals surface area contributed by atoms with Crippen molar-refractivity contribution < 1.29 is 4.74 Å². The maximum absolute atomic E-state index is 5.96. The minimum Gasteiger partial charge on any atom is -0.494 e. The van der Waals surface area contributed by atoms with Crippen molar-refractivity contribution in [2.24, 2.45) is 11.8 Å². The van der Waals surface area contributed by atoms with Crippen LogP contribution < -0.4 is 4.74 Å². The van der Waals surface area contributed by atoms with Crippen LogP contribution in [0.1, 0.15) is 56.9 Å². The van der Waals surface area contributed by atoms with Gasteiger partial charge >= 0.3 is 0 Å². The maximum atomic E-state index is 5.96. The van der Waals surface area contributed by atoms with Crippen molar-refractivity contribution in [3.05, 3.63) is 54.1 Å². The van der Waals surface area contributed by atoms with Crippen molar-refractivity contribution in [3.63, 3.8) is 0 Å². The highest BCUT2D eigenvalue weighted by Crippen LogP contribution is 2.29. The molecule has 0 fully saturated rings. The molecule has 0 heterocycles. The molecule has 2 aromatic carbocycles. The van der Waals surface area contributed by atoms with Gasteiger partial charge in [0.15, 0.2) is 0 Å². The molecular weight excluding hydrogens is 363 g/mol. The highest BCUT2D eigenvalue weighted by Gasteiger charge is 2.06. The Morgan fingerprint density at radius 1 is 0.846 bits per heavy atom. The van der Waals surface area contributed by atoms with E-state index in [1.807, 2.05) is 30.3 Å². The molecular formula is C23H30Cl2O. The first-order valence-corrected chi connectivity index (χ1v) is 10.4. The van der Waals surface area contributed by atoms with Crippen molar-refractivity contribution in [1.29, 1.82) is 0 Å². The summed E-state index contributed by atoms with van der Waals surface area (Å²) in [5.74, 6) is 2.44. The fourth-order valence-electron chi connectivity index (χ4n) is 2.99. The molecule has 0 spiro atoms. The van der Waals surface area contributed by atoms with Crippen LogP contribution in [0.4, 0.5) is 0 Å². The number of hydrogen-bond donors (Lipinski definition) is 0. The molecule has 3 heteroatoms. The third kappa shape index (κ3) is 7.21. The van der Waals surface area contributed by atoms with E-state index < -0.39 is 4.84 Å². The summed E-state index contributed by atoms with van der Waals surface area (Å²) in [4.78, 5) is -0.500. The first kappa shape index (κ1) is 21.1. The zero-order valence-corrected chi connectivity index (χ0v) is 17.6. The number of rotatable bonds is 10. The zero-order valence-electron chi connectivity index (χ0n) is 16.1. The molecule has 26 heavy (non-hydrogen) atoms. The molecule has 0 aliphatic rings. The lowest BCUT2D eigenvalue weighted by molar-refractivity contribution is 0.276. The van der Waals surface area contributed by atoms with Gasteiger partial charge in [-0.15, -0.1) is 23.2 Å². The summed E-state index contributed by atoms with van der Waals surface area (Å²) in [5, 5.41) is 0. The molecule has 0 saturated carbocycles. The second kappa shape index (κ2) is 10.8. The van der Waals surface area contributed by atoms with E-state index in [1.165, 1.54) is 19.3 Å². The van der Waals surface area contributed by atoms with E-state index in [2.05, 4.69) is 39.0 Å². The normalized spacial score (nSPS) is 12.6. The molecule has 142 valence electrons. The predicted molar refractivity (Wildman–Crippen MR) is 114 cm³/mol. The summed E-state index contributed by atoms with van der Waals surface area (Å²) in [6, 6.07) is 16.2. The number of benzene rings is 2. The molecule has 0 saturated heterocycles. The predicted octanol–water partition coefficient (Wildman–Crippen LogP) is 8.06. The lowest BCUT2D eigenvalue weighted by Crippen LogP contribution is -2.04. The van der Waals surface area contributed by atoms with Gasteiger partial charge in [0.2, 0.25) is 0 Å². The van der Waals surface area contributed by atoms with Crippen molar-refractivity contribution in [1.82, 2.24) is 0 Å². The lowest BCUT2D eigenvalue weighted by Gasteiger charge is -2.13. The number of ether oxygens (including phenoxy) is 1. The quantitative estimate of drug-likeness (QED) is 0.371. The van der Waals surface area contributed by atoms with Gasteiger partial charge in [0.05, 0.1) is 6.61 Å². The monoisotopic (exact) mass is 392 g/mol. The fraction of sp³-hybridized carbons (Fsp3) is 0.478. The Morgan fingerprint density at radius 2 is 1.58 bits per heavy atom. The topological polar surface area (TPSA) is 9.23 Å². The van der Waals surface area contributed by atoms with Crippen molar-refractivity contribution >= 4 is 23.2 Å². The largest absolute Gasteiger partial charge is 0.494 e. The highest BCUT2D eigenvalue weighted by atomic mass is 35.5. The molecule has 0 N–H and O–H groups in total. The molecule has 2 aromatic rings. The molecule has 0 bridgehead atoms. The van der Waals surface area contributed by atoms with Crippen LogP contribution in [-0.4, -0.2) is 6.61 Å². The third-order valence-corrected chi connectivity index (χ3v) is 5.19. The first-order valence-electron chi connectivity index (χ1n) is 9.57. The SMILES string of the molecule is CC(C)CCCC(C)CCOc1ccc(-c2cccc(C(Cl)Cl)c2)cc1. The van der Waals surface area contributed by atoms with Gasteiger partial charge in [0, 0.05) is 0 Å². The fourth-order valence-corrected chi connectivity index (χ4v) is 3.27. The zero-order chi connectivity index (χ0) is 18.9. The smallest absolute Gasteiger partial charge is 0.132 e. The summed E-state index contributed by atoms with van der Waals surface area (Å²) >= 11 is 11.9. The van der Waals surface area contributed by atoms with Crippen LogP contribution in [0.2, 0.25) is 0 Å². The minimum atomic E-state index is -0.500. The molecule has 0 aliphatic heterocycles. The van der Waals surface area contributed by atoms with Gasteiger partial charge in [-0.2, -0.15) is 0 Å². The Kier molecular flexibility index (Phi) is 8.81. The van der Waals surface area contributed by atoms with E-state index in [1.54, 1.807) is 0 Å². The van der Waals surface area contributed by atoms with Crippen LogP contribution in [0.5, 0.6) is 5.75 Å². The van der Waals surface area contributed by atoms with Crippen LogP contribution in [0, 0.1) is 11.8 Å². The van der Waals surface area contributed by atoms with E-state index in [0.717, 1.165) is 47.3 Å². The number of hydrogen-bond acceptors (Lipinski definition) is 1. The minimum absolute atomic E-state index is 0.500. The molecule has 1 atom stereocenters. The van der Waals surface area contributed by atoms with Crippen LogP contribution in [0.15, 0.2) is 48.5 Å². The summed E-state index contributed by atoms with van der Waals surface area (Å²) in [5.41, 5.74) is 3.16. The average molecular weight is 393 g/mol. The van der Waals surface area contributed by atoms with Crippen LogP contribution >= 0.6 is 23.2 Å². The van der Waals surface area contributed by atoms with Crippen LogP contribution in [-0.2, 0) is 0 Å². The van der Waals surface area contributed by atoms with E-state index in [-0.39, 0.29) is 0 Å². The molecule has 1 unspecified atom stereocenters. The summed E-state index contributed by atoms with van der Waals surface area (Å²) in [7, 11) is 0. The summed E-state index contributed by atoms with van der Waals surface area (Å²) in [6.45, 7) is 7.67. The highest BCUT2D eigenvalue weighted by molar-refractivity contribution is 6.44. The molecule has 1 nitrogen and oxygen atoms in total. The molecule has 0 amide bonds. The van der Waals surface area contributed by atoms with Gasteiger partial charge in [-0.25, -0.2) is 0 Å². The molecule has 0 radical (unpaired) electrons. The van der Waals surface area contributed by atoms with Gasteiger partial charge in [-0.05, 0) is 53.1 Å². The van der Waals surface area contributed by atoms with E-state index in [0.29, 0.717) is 0 Å². The standard InChI is InChI=1S/C23H30Cl2O/c1-17(2)6-4-7-18(3)14-15-26-22-12-10-19(11-13-22)20-8-5-9-21(16-20)23(24)25/h5,8-13,16-18,23H,4,6-7,14-15H2,1-3H3. The Bertz CT molecular complexity index is 650. The van der Waals surface area contributed by atoms with Crippen LogP contribution in [0.3, 0.4) is 0 Å². The third-order valence-electron chi connectivity index (χ3n) is 4.68. The molecule has 0 aromatic heterocycles. The molecule has 2 rings (SSSR count). The van der Waals surface area contributed by atoms with E-state index in [9.17, 15) is 0 Å². The summed E-state index contributed by atoms with van der Waals surface area (Å²) < 4.78 is 5.91. The maximum Gasteiger partial charge on any atom is 0.132 e. The Morgan fingerprint density at radius 3 is 2.23 bits per heavy atom. The van der Waals surface area contributed by atoms with Gasteiger partial charge in [0.1, 0.15) is 10.6 Å². The number of alkyl halides is 2. The van der Waals surface area contributed by atoms with Gasteiger partial charge in [-0.1, -0.05) is 70.4 Å². The van der Waals surface area contributed by atoms with E-state index >= 15 is 0 Å². The van der Waals surface area contributed by atoms with E-state index in [4.69, 9.17) is 27.9 Å². The second-order valence-corrected chi connectivity index (χ2v) is 8.61. The van der Waals surface area contributed by atoms with Gasteiger partial charge in [-0.3, -0.25) is 0 Å². The van der Waals surface area contributed by atoms with Crippen LogP contribution in [0.25, 0.3) is 11.1 Å². The van der Waals surface area contributed by atoms with Crippen molar-refractivity contribution in [2.45, 2.75) is 51.3 Å². The first-order chi connectivity index (χ1) is 12.5. The van der Waals surface area contributed by atoms with Crippen molar-refractivity contribution in [3.8, 4) is 16.9 Å². The average Bonchev–Trinajstić information content (AvgIpc) is 2.62. The summed E-state index contributed by atoms with van der Waals surface area (Å²) in [6.07, 6.45) is 5.04. The Balaban J connectivity index is 1.81. The Labute approximate surface area is 168 Å². The second-order valence-electron chi connectivity index (χ2n) is 7.52. The van der Waals surface area contributed by atoms with Crippen molar-refractivity contribution in [2.75, 3.05) is 6.61 Å². The van der Waals surface area contributed by atoms with Gasteiger partial charge < -0.3 is 4.74 Å². The Hall–Kier alpha value is -1.18. The molecule has 0 aliphatic carbocycles.